The third-order valence-electron chi connectivity index (χ3n) is 3.98. The summed E-state index contributed by atoms with van der Waals surface area (Å²) in [6.07, 6.45) is 5.15. The van der Waals surface area contributed by atoms with Crippen molar-refractivity contribution in [2.75, 3.05) is 0 Å². The summed E-state index contributed by atoms with van der Waals surface area (Å²) in [6.45, 7) is 4.71. The minimum atomic E-state index is -0.102. The van der Waals surface area contributed by atoms with Gasteiger partial charge in [-0.25, -0.2) is 4.98 Å². The number of hydrogen-bond donors (Lipinski definition) is 0. The minimum absolute atomic E-state index is 0.102. The van der Waals surface area contributed by atoms with Gasteiger partial charge in [0.05, 0.1) is 12.2 Å². The van der Waals surface area contributed by atoms with E-state index < -0.39 is 0 Å². The molecule has 1 saturated carbocycles. The van der Waals surface area contributed by atoms with Crippen LogP contribution in [0.1, 0.15) is 56.6 Å². The van der Waals surface area contributed by atoms with Gasteiger partial charge in [-0.3, -0.25) is 14.0 Å². The van der Waals surface area contributed by atoms with E-state index in [1.165, 1.54) is 6.07 Å². The average Bonchev–Trinajstić information content (AvgIpc) is 3.20. The summed E-state index contributed by atoms with van der Waals surface area (Å²) in [7, 11) is 0. The monoisotopic (exact) mass is 306 g/mol. The average molecular weight is 307 g/mol. The zero-order chi connectivity index (χ0) is 15.0. The van der Waals surface area contributed by atoms with Gasteiger partial charge in [-0.1, -0.05) is 18.5 Å². The van der Waals surface area contributed by atoms with E-state index in [0.29, 0.717) is 18.5 Å². The van der Waals surface area contributed by atoms with Crippen molar-refractivity contribution in [1.29, 1.82) is 0 Å². The maximum atomic E-state index is 12.2. The maximum absolute atomic E-state index is 12.2. The van der Waals surface area contributed by atoms with Crippen LogP contribution in [0.3, 0.4) is 0 Å². The number of hydrogen-bond acceptors (Lipinski definition) is 3. The van der Waals surface area contributed by atoms with Crippen LogP contribution in [0.4, 0.5) is 0 Å². The summed E-state index contributed by atoms with van der Waals surface area (Å²) in [5.74, 6) is 1.17. The van der Waals surface area contributed by atoms with Gasteiger partial charge in [0.25, 0.3) is 5.56 Å². The molecule has 0 spiro atoms. The zero-order valence-corrected chi connectivity index (χ0v) is 13.0. The molecule has 0 aromatic carbocycles. The number of halogens is 1. The molecule has 2 aromatic rings. The van der Waals surface area contributed by atoms with E-state index in [0.717, 1.165) is 30.8 Å². The molecule has 5 nitrogen and oxygen atoms in total. The molecule has 0 radical (unpaired) electrons. The molecule has 0 aliphatic heterocycles. The Hall–Kier alpha value is -1.62. The van der Waals surface area contributed by atoms with Gasteiger partial charge in [-0.05, 0) is 32.3 Å². The standard InChI is InChI=1S/C15H19ClN4O/c1-3-10(2)20-7-6-12(18-20)9-19-14(21)8-13(16)17-15(19)11-4-5-11/h6-8,10-11H,3-5,9H2,1-2H3. The van der Waals surface area contributed by atoms with E-state index in [1.807, 2.05) is 16.9 Å². The van der Waals surface area contributed by atoms with Crippen LogP contribution in [0.5, 0.6) is 0 Å². The van der Waals surface area contributed by atoms with Crippen LogP contribution in [-0.2, 0) is 6.54 Å². The van der Waals surface area contributed by atoms with Crippen molar-refractivity contribution in [1.82, 2.24) is 19.3 Å². The van der Waals surface area contributed by atoms with Crippen molar-refractivity contribution in [3.8, 4) is 0 Å². The van der Waals surface area contributed by atoms with Crippen molar-refractivity contribution in [3.63, 3.8) is 0 Å². The highest BCUT2D eigenvalue weighted by Crippen LogP contribution is 2.38. The normalized spacial score (nSPS) is 16.1. The first kappa shape index (κ1) is 14.3. The lowest BCUT2D eigenvalue weighted by Gasteiger charge is -2.11. The predicted octanol–water partition coefficient (Wildman–Crippen LogP) is 2.99. The van der Waals surface area contributed by atoms with Gasteiger partial charge in [0.1, 0.15) is 11.0 Å². The number of nitrogens with zero attached hydrogens (tertiary/aromatic N) is 4. The molecular weight excluding hydrogens is 288 g/mol. The highest BCUT2D eigenvalue weighted by Gasteiger charge is 2.29. The summed E-state index contributed by atoms with van der Waals surface area (Å²) in [5, 5.41) is 4.84. The number of aromatic nitrogens is 4. The molecule has 1 aliphatic carbocycles. The summed E-state index contributed by atoms with van der Waals surface area (Å²) >= 11 is 5.92. The summed E-state index contributed by atoms with van der Waals surface area (Å²) < 4.78 is 3.65. The molecule has 0 amide bonds. The summed E-state index contributed by atoms with van der Waals surface area (Å²) in [6, 6.07) is 3.70. The molecule has 1 aliphatic rings. The second-order valence-electron chi connectivity index (χ2n) is 5.68. The van der Waals surface area contributed by atoms with Crippen LogP contribution >= 0.6 is 11.6 Å². The van der Waals surface area contributed by atoms with Crippen molar-refractivity contribution < 1.29 is 0 Å². The fourth-order valence-corrected chi connectivity index (χ4v) is 2.54. The summed E-state index contributed by atoms with van der Waals surface area (Å²) in [4.78, 5) is 16.5. The van der Waals surface area contributed by atoms with Gasteiger partial charge >= 0.3 is 0 Å². The van der Waals surface area contributed by atoms with Crippen molar-refractivity contribution in [3.05, 3.63) is 45.4 Å². The quantitative estimate of drug-likeness (QED) is 0.798. The van der Waals surface area contributed by atoms with Crippen LogP contribution in [-0.4, -0.2) is 19.3 Å². The van der Waals surface area contributed by atoms with E-state index in [2.05, 4.69) is 23.9 Å². The van der Waals surface area contributed by atoms with Crippen LogP contribution < -0.4 is 5.56 Å². The zero-order valence-electron chi connectivity index (χ0n) is 12.3. The third-order valence-corrected chi connectivity index (χ3v) is 4.17. The van der Waals surface area contributed by atoms with Crippen molar-refractivity contribution in [2.45, 2.75) is 51.6 Å². The maximum Gasteiger partial charge on any atom is 0.255 e. The molecule has 0 N–H and O–H groups in total. The first-order valence-electron chi connectivity index (χ1n) is 7.39. The van der Waals surface area contributed by atoms with Crippen LogP contribution in [0, 0.1) is 0 Å². The van der Waals surface area contributed by atoms with Gasteiger partial charge in [0, 0.05) is 24.2 Å². The lowest BCUT2D eigenvalue weighted by Crippen LogP contribution is -2.25. The van der Waals surface area contributed by atoms with E-state index in [4.69, 9.17) is 11.6 Å². The lowest BCUT2D eigenvalue weighted by molar-refractivity contribution is 0.471. The highest BCUT2D eigenvalue weighted by molar-refractivity contribution is 6.29. The molecule has 1 unspecified atom stereocenters. The van der Waals surface area contributed by atoms with Crippen LogP contribution in [0.2, 0.25) is 5.15 Å². The highest BCUT2D eigenvalue weighted by atomic mass is 35.5. The Morgan fingerprint density at radius 2 is 2.24 bits per heavy atom. The smallest absolute Gasteiger partial charge is 0.255 e. The fraction of sp³-hybridized carbons (Fsp3) is 0.533. The van der Waals surface area contributed by atoms with E-state index in [9.17, 15) is 4.79 Å². The first-order valence-corrected chi connectivity index (χ1v) is 7.77. The topological polar surface area (TPSA) is 52.7 Å². The Balaban J connectivity index is 1.91. The Morgan fingerprint density at radius 3 is 2.90 bits per heavy atom. The third kappa shape index (κ3) is 3.02. The first-order chi connectivity index (χ1) is 10.1. The van der Waals surface area contributed by atoms with Gasteiger partial charge in [-0.2, -0.15) is 5.10 Å². The molecule has 2 heterocycles. The second-order valence-corrected chi connectivity index (χ2v) is 6.07. The van der Waals surface area contributed by atoms with E-state index >= 15 is 0 Å². The largest absolute Gasteiger partial charge is 0.290 e. The molecule has 6 heteroatoms. The molecular formula is C15H19ClN4O. The molecule has 3 rings (SSSR count). The predicted molar refractivity (Wildman–Crippen MR) is 81.8 cm³/mol. The van der Waals surface area contributed by atoms with Crippen LogP contribution in [0.25, 0.3) is 0 Å². The molecule has 1 fully saturated rings. The van der Waals surface area contributed by atoms with Gasteiger partial charge in [-0.15, -0.1) is 0 Å². The van der Waals surface area contributed by atoms with Gasteiger partial charge in [0.15, 0.2) is 0 Å². The van der Waals surface area contributed by atoms with Crippen molar-refractivity contribution >= 4 is 11.6 Å². The Kier molecular flexibility index (Phi) is 3.85. The fourth-order valence-electron chi connectivity index (χ4n) is 2.36. The van der Waals surface area contributed by atoms with Crippen LogP contribution in [0.15, 0.2) is 23.1 Å². The van der Waals surface area contributed by atoms with Crippen molar-refractivity contribution in [2.24, 2.45) is 0 Å². The molecule has 21 heavy (non-hydrogen) atoms. The second kappa shape index (κ2) is 5.64. The van der Waals surface area contributed by atoms with E-state index in [1.54, 1.807) is 4.57 Å². The van der Waals surface area contributed by atoms with E-state index in [-0.39, 0.29) is 10.7 Å². The van der Waals surface area contributed by atoms with Gasteiger partial charge < -0.3 is 0 Å². The Labute approximate surface area is 128 Å². The molecule has 0 saturated heterocycles. The number of rotatable bonds is 5. The molecule has 0 bridgehead atoms. The van der Waals surface area contributed by atoms with Gasteiger partial charge in [0.2, 0.25) is 0 Å². The Morgan fingerprint density at radius 1 is 1.48 bits per heavy atom. The SMILES string of the molecule is CCC(C)n1ccc(Cn2c(C3CC3)nc(Cl)cc2=O)n1. The Bertz CT molecular complexity index is 702. The minimum Gasteiger partial charge on any atom is -0.290 e. The molecule has 1 atom stereocenters. The summed E-state index contributed by atoms with van der Waals surface area (Å²) in [5.41, 5.74) is 0.776. The molecule has 112 valence electrons. The molecule has 2 aromatic heterocycles. The lowest BCUT2D eigenvalue weighted by atomic mass is 10.3.